The summed E-state index contributed by atoms with van der Waals surface area (Å²) in [5.74, 6) is 0. The van der Waals surface area contributed by atoms with Crippen molar-refractivity contribution in [1.82, 2.24) is 0 Å². The van der Waals surface area contributed by atoms with Gasteiger partial charge in [-0.05, 0) is 67.1 Å². The minimum Gasteiger partial charge on any atom is -0.378 e. The van der Waals surface area contributed by atoms with Gasteiger partial charge in [-0.25, -0.2) is 8.42 Å². The van der Waals surface area contributed by atoms with Gasteiger partial charge in [0, 0.05) is 18.8 Å². The van der Waals surface area contributed by atoms with Gasteiger partial charge in [0.2, 0.25) is 0 Å². The summed E-state index contributed by atoms with van der Waals surface area (Å²) in [6.07, 6.45) is 4.33. The van der Waals surface area contributed by atoms with Crippen LogP contribution < -0.4 is 9.62 Å². The van der Waals surface area contributed by atoms with E-state index in [9.17, 15) is 8.42 Å². The Morgan fingerprint density at radius 1 is 0.923 bits per heavy atom. The summed E-state index contributed by atoms with van der Waals surface area (Å²) in [5, 5.41) is 0. The Morgan fingerprint density at radius 3 is 2.50 bits per heavy atom. The molecule has 1 heterocycles. The van der Waals surface area contributed by atoms with E-state index in [1.165, 1.54) is 17.5 Å². The number of anilines is 2. The SMILES string of the molecule is O=S(=O)(Nc1cccc(N2CCOCC2)c1)c1ccc2c(c1)CCCC2. The first-order valence-electron chi connectivity index (χ1n) is 9.19. The van der Waals surface area contributed by atoms with Gasteiger partial charge in [-0.3, -0.25) is 4.72 Å². The molecule has 1 aliphatic carbocycles. The first-order chi connectivity index (χ1) is 12.6. The maximum Gasteiger partial charge on any atom is 0.261 e. The molecule has 0 saturated carbocycles. The summed E-state index contributed by atoms with van der Waals surface area (Å²) in [6, 6.07) is 13.1. The van der Waals surface area contributed by atoms with E-state index in [2.05, 4.69) is 9.62 Å². The van der Waals surface area contributed by atoms with Crippen LogP contribution in [0, 0.1) is 0 Å². The largest absolute Gasteiger partial charge is 0.378 e. The number of fused-ring (bicyclic) bond motifs is 1. The van der Waals surface area contributed by atoms with Gasteiger partial charge >= 0.3 is 0 Å². The van der Waals surface area contributed by atoms with E-state index in [4.69, 9.17) is 4.74 Å². The quantitative estimate of drug-likeness (QED) is 0.895. The lowest BCUT2D eigenvalue weighted by Gasteiger charge is -2.29. The van der Waals surface area contributed by atoms with Crippen LogP contribution in [0.2, 0.25) is 0 Å². The molecule has 4 rings (SSSR count). The molecule has 0 atom stereocenters. The van der Waals surface area contributed by atoms with Gasteiger partial charge in [0.1, 0.15) is 0 Å². The Labute approximate surface area is 155 Å². The number of hydrogen-bond donors (Lipinski definition) is 1. The fraction of sp³-hybridized carbons (Fsp3) is 0.400. The zero-order valence-corrected chi connectivity index (χ0v) is 15.6. The van der Waals surface area contributed by atoms with Crippen LogP contribution in [0.1, 0.15) is 24.0 Å². The van der Waals surface area contributed by atoms with Gasteiger partial charge in [-0.2, -0.15) is 0 Å². The number of benzene rings is 2. The van der Waals surface area contributed by atoms with Crippen LogP contribution in [0.25, 0.3) is 0 Å². The van der Waals surface area contributed by atoms with Crippen molar-refractivity contribution < 1.29 is 13.2 Å². The van der Waals surface area contributed by atoms with E-state index >= 15 is 0 Å². The zero-order chi connectivity index (χ0) is 18.0. The Kier molecular flexibility index (Phi) is 4.87. The van der Waals surface area contributed by atoms with Crippen LogP contribution in [0.3, 0.4) is 0 Å². The van der Waals surface area contributed by atoms with Gasteiger partial charge in [-0.1, -0.05) is 12.1 Å². The molecule has 26 heavy (non-hydrogen) atoms. The van der Waals surface area contributed by atoms with E-state index in [1.807, 2.05) is 30.3 Å². The summed E-state index contributed by atoms with van der Waals surface area (Å²) >= 11 is 0. The molecule has 1 N–H and O–H groups in total. The molecule has 0 amide bonds. The van der Waals surface area contributed by atoms with Crippen LogP contribution in [0.4, 0.5) is 11.4 Å². The Balaban J connectivity index is 1.56. The number of nitrogens with zero attached hydrogens (tertiary/aromatic N) is 1. The molecule has 1 fully saturated rings. The zero-order valence-electron chi connectivity index (χ0n) is 14.8. The van der Waals surface area contributed by atoms with Crippen molar-refractivity contribution in [2.45, 2.75) is 30.6 Å². The van der Waals surface area contributed by atoms with Crippen LogP contribution in [0.15, 0.2) is 47.4 Å². The molecule has 0 aromatic heterocycles. The van der Waals surface area contributed by atoms with Crippen LogP contribution in [-0.4, -0.2) is 34.7 Å². The van der Waals surface area contributed by atoms with Crippen molar-refractivity contribution in [1.29, 1.82) is 0 Å². The third-order valence-electron chi connectivity index (χ3n) is 5.10. The van der Waals surface area contributed by atoms with Gasteiger partial charge in [0.25, 0.3) is 10.0 Å². The predicted octanol–water partition coefficient (Wildman–Crippen LogP) is 3.20. The number of morpholine rings is 1. The van der Waals surface area contributed by atoms with Crippen molar-refractivity contribution in [3.05, 3.63) is 53.6 Å². The van der Waals surface area contributed by atoms with Crippen molar-refractivity contribution in [3.63, 3.8) is 0 Å². The molecule has 1 saturated heterocycles. The third kappa shape index (κ3) is 3.71. The second-order valence-electron chi connectivity index (χ2n) is 6.89. The second-order valence-corrected chi connectivity index (χ2v) is 8.58. The molecule has 2 aromatic rings. The van der Waals surface area contributed by atoms with Gasteiger partial charge in [-0.15, -0.1) is 0 Å². The van der Waals surface area contributed by atoms with Crippen molar-refractivity contribution >= 4 is 21.4 Å². The monoisotopic (exact) mass is 372 g/mol. The third-order valence-corrected chi connectivity index (χ3v) is 6.48. The van der Waals surface area contributed by atoms with Gasteiger partial charge in [0.15, 0.2) is 0 Å². The average Bonchev–Trinajstić information content (AvgIpc) is 2.68. The lowest BCUT2D eigenvalue weighted by Crippen LogP contribution is -2.36. The van der Waals surface area contributed by atoms with Gasteiger partial charge in [0.05, 0.1) is 23.8 Å². The molecule has 2 aromatic carbocycles. The fourth-order valence-corrected chi connectivity index (χ4v) is 4.78. The highest BCUT2D eigenvalue weighted by atomic mass is 32.2. The number of nitrogens with one attached hydrogen (secondary N) is 1. The Hall–Kier alpha value is -2.05. The standard InChI is InChI=1S/C20H24N2O3S/c23-26(24,20-9-8-16-4-1-2-5-17(16)14-20)21-18-6-3-7-19(15-18)22-10-12-25-13-11-22/h3,6-9,14-15,21H,1-2,4-5,10-13H2. The molecule has 1 aliphatic heterocycles. The van der Waals surface area contributed by atoms with E-state index in [-0.39, 0.29) is 0 Å². The number of aryl methyl sites for hydroxylation is 2. The Morgan fingerprint density at radius 2 is 1.69 bits per heavy atom. The highest BCUT2D eigenvalue weighted by Gasteiger charge is 2.19. The highest BCUT2D eigenvalue weighted by Crippen LogP contribution is 2.26. The minimum atomic E-state index is -3.59. The highest BCUT2D eigenvalue weighted by molar-refractivity contribution is 7.92. The number of rotatable bonds is 4. The molecule has 5 nitrogen and oxygen atoms in total. The lowest BCUT2D eigenvalue weighted by molar-refractivity contribution is 0.122. The van der Waals surface area contributed by atoms with E-state index in [0.717, 1.165) is 38.0 Å². The smallest absolute Gasteiger partial charge is 0.261 e. The van der Waals surface area contributed by atoms with E-state index in [0.29, 0.717) is 23.8 Å². The molecular formula is C20H24N2O3S. The maximum atomic E-state index is 12.8. The van der Waals surface area contributed by atoms with Crippen LogP contribution >= 0.6 is 0 Å². The predicted molar refractivity (Wildman–Crippen MR) is 103 cm³/mol. The van der Waals surface area contributed by atoms with Gasteiger partial charge < -0.3 is 9.64 Å². The first-order valence-corrected chi connectivity index (χ1v) is 10.7. The van der Waals surface area contributed by atoms with Crippen molar-refractivity contribution in [2.75, 3.05) is 35.9 Å². The van der Waals surface area contributed by atoms with E-state index in [1.54, 1.807) is 12.1 Å². The Bertz CT molecular complexity index is 890. The normalized spacial score (nSPS) is 17.6. The second kappa shape index (κ2) is 7.29. The minimum absolute atomic E-state index is 0.343. The molecular weight excluding hydrogens is 348 g/mol. The lowest BCUT2D eigenvalue weighted by atomic mass is 9.92. The summed E-state index contributed by atoms with van der Waals surface area (Å²) in [6.45, 7) is 3.04. The molecule has 0 radical (unpaired) electrons. The molecule has 2 aliphatic rings. The summed E-state index contributed by atoms with van der Waals surface area (Å²) < 4.78 is 33.8. The molecule has 0 bridgehead atoms. The summed E-state index contributed by atoms with van der Waals surface area (Å²) in [4.78, 5) is 2.55. The van der Waals surface area contributed by atoms with Crippen molar-refractivity contribution in [3.8, 4) is 0 Å². The average molecular weight is 372 g/mol. The number of hydrogen-bond acceptors (Lipinski definition) is 4. The number of ether oxygens (including phenoxy) is 1. The van der Waals surface area contributed by atoms with Crippen LogP contribution in [-0.2, 0) is 27.6 Å². The van der Waals surface area contributed by atoms with Crippen molar-refractivity contribution in [2.24, 2.45) is 0 Å². The molecule has 6 heteroatoms. The molecule has 138 valence electrons. The maximum absolute atomic E-state index is 12.8. The number of sulfonamides is 1. The summed E-state index contributed by atoms with van der Waals surface area (Å²) in [7, 11) is -3.59. The van der Waals surface area contributed by atoms with Crippen LogP contribution in [0.5, 0.6) is 0 Å². The van der Waals surface area contributed by atoms with E-state index < -0.39 is 10.0 Å². The molecule has 0 unspecified atom stereocenters. The topological polar surface area (TPSA) is 58.6 Å². The fourth-order valence-electron chi connectivity index (χ4n) is 3.68. The molecule has 0 spiro atoms. The summed E-state index contributed by atoms with van der Waals surface area (Å²) in [5.41, 5.74) is 4.05. The first kappa shape index (κ1) is 17.4.